The van der Waals surface area contributed by atoms with Crippen molar-refractivity contribution in [2.75, 3.05) is 7.11 Å². The van der Waals surface area contributed by atoms with Crippen LogP contribution in [0.5, 0.6) is 5.75 Å². The largest absolute Gasteiger partial charge is 0.489 e. The Morgan fingerprint density at radius 3 is 2.40 bits per heavy atom. The number of rotatable bonds is 5. The minimum absolute atomic E-state index is 0.351. The Bertz CT molecular complexity index is 875. The average molecular weight is 397 g/mol. The molecule has 0 aliphatic rings. The summed E-state index contributed by atoms with van der Waals surface area (Å²) in [5, 5.41) is 0. The van der Waals surface area contributed by atoms with Crippen molar-refractivity contribution in [3.63, 3.8) is 0 Å². The van der Waals surface area contributed by atoms with Gasteiger partial charge in [-0.1, -0.05) is 54.6 Å². The molecule has 0 amide bonds. The van der Waals surface area contributed by atoms with E-state index in [2.05, 4.69) is 34.1 Å². The van der Waals surface area contributed by atoms with Gasteiger partial charge in [-0.25, -0.2) is 4.79 Å². The molecule has 126 valence electrons. The first kappa shape index (κ1) is 17.2. The van der Waals surface area contributed by atoms with Gasteiger partial charge < -0.3 is 9.47 Å². The zero-order valence-corrected chi connectivity index (χ0v) is 15.3. The van der Waals surface area contributed by atoms with E-state index in [1.54, 1.807) is 6.07 Å². The molecule has 0 radical (unpaired) electrons. The van der Waals surface area contributed by atoms with Crippen LogP contribution in [-0.4, -0.2) is 13.1 Å². The Balaban J connectivity index is 1.78. The number of carbonyl (C=O) groups excluding carboxylic acids is 1. The number of carbonyl (C=O) groups is 1. The molecule has 0 saturated carbocycles. The van der Waals surface area contributed by atoms with Gasteiger partial charge in [0.2, 0.25) is 0 Å². The molecule has 3 nitrogen and oxygen atoms in total. The predicted molar refractivity (Wildman–Crippen MR) is 102 cm³/mol. The third-order valence-electron chi connectivity index (χ3n) is 3.82. The van der Waals surface area contributed by atoms with Gasteiger partial charge in [-0.3, -0.25) is 0 Å². The highest BCUT2D eigenvalue weighted by molar-refractivity contribution is 9.10. The molecule has 0 fully saturated rings. The second kappa shape index (κ2) is 7.99. The molecule has 0 bridgehead atoms. The molecule has 3 rings (SSSR count). The number of hydrogen-bond acceptors (Lipinski definition) is 3. The van der Waals surface area contributed by atoms with E-state index < -0.39 is 0 Å². The van der Waals surface area contributed by atoms with Crippen molar-refractivity contribution in [2.24, 2.45) is 0 Å². The standard InChI is InChI=1S/C21H17BrO3/c1-24-21(23)19-12-6-10-17(20(19)22)14-25-18-11-5-9-16(13-18)15-7-3-2-4-8-15/h2-13H,14H2,1H3. The van der Waals surface area contributed by atoms with E-state index in [4.69, 9.17) is 9.47 Å². The molecule has 4 heteroatoms. The molecule has 0 aromatic heterocycles. The van der Waals surface area contributed by atoms with Gasteiger partial charge in [0.1, 0.15) is 12.4 Å². The molecule has 25 heavy (non-hydrogen) atoms. The molecular formula is C21H17BrO3. The van der Waals surface area contributed by atoms with E-state index in [-0.39, 0.29) is 5.97 Å². The fraction of sp³-hybridized carbons (Fsp3) is 0.0952. The number of hydrogen-bond donors (Lipinski definition) is 0. The maximum Gasteiger partial charge on any atom is 0.339 e. The van der Waals surface area contributed by atoms with Crippen LogP contribution in [0.25, 0.3) is 11.1 Å². The summed E-state index contributed by atoms with van der Waals surface area (Å²) in [4.78, 5) is 11.8. The Morgan fingerprint density at radius 1 is 0.920 bits per heavy atom. The van der Waals surface area contributed by atoms with E-state index in [1.165, 1.54) is 7.11 Å². The first-order chi connectivity index (χ1) is 12.2. The van der Waals surface area contributed by atoms with Crippen LogP contribution >= 0.6 is 15.9 Å². The molecule has 3 aromatic carbocycles. The van der Waals surface area contributed by atoms with Crippen LogP contribution in [0.15, 0.2) is 77.3 Å². The summed E-state index contributed by atoms with van der Waals surface area (Å²) in [6.07, 6.45) is 0. The Morgan fingerprint density at radius 2 is 1.64 bits per heavy atom. The summed E-state index contributed by atoms with van der Waals surface area (Å²) in [6, 6.07) is 23.5. The van der Waals surface area contributed by atoms with Gasteiger partial charge in [0.25, 0.3) is 0 Å². The first-order valence-corrected chi connectivity index (χ1v) is 8.62. The summed E-state index contributed by atoms with van der Waals surface area (Å²) in [5.74, 6) is 0.400. The van der Waals surface area contributed by atoms with Crippen molar-refractivity contribution >= 4 is 21.9 Å². The molecule has 0 heterocycles. The SMILES string of the molecule is COC(=O)c1cccc(COc2cccc(-c3ccccc3)c2)c1Br. The second-order valence-corrected chi connectivity index (χ2v) is 6.25. The van der Waals surface area contributed by atoms with Gasteiger partial charge in [-0.15, -0.1) is 0 Å². The van der Waals surface area contributed by atoms with Crippen molar-refractivity contribution in [1.29, 1.82) is 0 Å². The zero-order valence-electron chi connectivity index (χ0n) is 13.7. The summed E-state index contributed by atoms with van der Waals surface area (Å²) in [6.45, 7) is 0.351. The fourth-order valence-electron chi connectivity index (χ4n) is 2.52. The van der Waals surface area contributed by atoms with Crippen LogP contribution < -0.4 is 4.74 Å². The molecule has 0 aliphatic heterocycles. The fourth-order valence-corrected chi connectivity index (χ4v) is 3.06. The minimum Gasteiger partial charge on any atom is -0.489 e. The summed E-state index contributed by atoms with van der Waals surface area (Å²) >= 11 is 3.47. The number of esters is 1. The first-order valence-electron chi connectivity index (χ1n) is 7.83. The molecule has 0 atom stereocenters. The van der Waals surface area contributed by atoms with Crippen molar-refractivity contribution in [3.8, 4) is 16.9 Å². The normalized spacial score (nSPS) is 10.3. The summed E-state index contributed by atoms with van der Waals surface area (Å²) in [5.41, 5.74) is 3.61. The molecule has 0 spiro atoms. The molecule has 3 aromatic rings. The predicted octanol–water partition coefficient (Wildman–Crippen LogP) is 5.48. The second-order valence-electron chi connectivity index (χ2n) is 5.45. The third-order valence-corrected chi connectivity index (χ3v) is 4.76. The lowest BCUT2D eigenvalue weighted by Gasteiger charge is -2.11. The van der Waals surface area contributed by atoms with E-state index in [1.807, 2.05) is 48.5 Å². The van der Waals surface area contributed by atoms with Gasteiger partial charge in [-0.2, -0.15) is 0 Å². The number of ether oxygens (including phenoxy) is 2. The molecule has 0 unspecified atom stereocenters. The molecule has 0 N–H and O–H groups in total. The smallest absolute Gasteiger partial charge is 0.339 e. The van der Waals surface area contributed by atoms with Gasteiger partial charge in [0, 0.05) is 10.0 Å². The topological polar surface area (TPSA) is 35.5 Å². The lowest BCUT2D eigenvalue weighted by Crippen LogP contribution is -2.05. The van der Waals surface area contributed by atoms with Crippen LogP contribution in [0, 0.1) is 0 Å². The van der Waals surface area contributed by atoms with E-state index in [0.29, 0.717) is 16.6 Å². The zero-order chi connectivity index (χ0) is 17.6. The molecule has 0 aliphatic carbocycles. The van der Waals surface area contributed by atoms with E-state index >= 15 is 0 Å². The highest BCUT2D eigenvalue weighted by Crippen LogP contribution is 2.26. The van der Waals surface area contributed by atoms with E-state index in [0.717, 1.165) is 22.4 Å². The lowest BCUT2D eigenvalue weighted by molar-refractivity contribution is 0.0599. The molecular weight excluding hydrogens is 380 g/mol. The molecule has 0 saturated heterocycles. The van der Waals surface area contributed by atoms with Crippen molar-refractivity contribution in [2.45, 2.75) is 6.61 Å². The summed E-state index contributed by atoms with van der Waals surface area (Å²) < 4.78 is 11.4. The van der Waals surface area contributed by atoms with Crippen LogP contribution in [0.4, 0.5) is 0 Å². The summed E-state index contributed by atoms with van der Waals surface area (Å²) in [7, 11) is 1.37. The van der Waals surface area contributed by atoms with E-state index in [9.17, 15) is 4.79 Å². The highest BCUT2D eigenvalue weighted by atomic mass is 79.9. The van der Waals surface area contributed by atoms with Crippen molar-refractivity contribution in [3.05, 3.63) is 88.4 Å². The Kier molecular flexibility index (Phi) is 5.51. The number of benzene rings is 3. The van der Waals surface area contributed by atoms with Crippen molar-refractivity contribution < 1.29 is 14.3 Å². The maximum absolute atomic E-state index is 11.8. The van der Waals surface area contributed by atoms with Crippen LogP contribution in [0.2, 0.25) is 0 Å². The lowest BCUT2D eigenvalue weighted by atomic mass is 10.1. The number of halogens is 1. The quantitative estimate of drug-likeness (QED) is 0.535. The van der Waals surface area contributed by atoms with Crippen LogP contribution in [0.1, 0.15) is 15.9 Å². The maximum atomic E-state index is 11.8. The number of methoxy groups -OCH3 is 1. The highest BCUT2D eigenvalue weighted by Gasteiger charge is 2.13. The van der Waals surface area contributed by atoms with Gasteiger partial charge in [0.05, 0.1) is 12.7 Å². The third kappa shape index (κ3) is 4.09. The van der Waals surface area contributed by atoms with Crippen molar-refractivity contribution in [1.82, 2.24) is 0 Å². The van der Waals surface area contributed by atoms with Crippen LogP contribution in [0.3, 0.4) is 0 Å². The average Bonchev–Trinajstić information content (AvgIpc) is 2.67. The van der Waals surface area contributed by atoms with Gasteiger partial charge in [0.15, 0.2) is 0 Å². The monoisotopic (exact) mass is 396 g/mol. The minimum atomic E-state index is -0.375. The van der Waals surface area contributed by atoms with Gasteiger partial charge >= 0.3 is 5.97 Å². The Hall–Kier alpha value is -2.59. The van der Waals surface area contributed by atoms with Gasteiger partial charge in [-0.05, 0) is 45.3 Å². The van der Waals surface area contributed by atoms with Crippen LogP contribution in [-0.2, 0) is 11.3 Å². The Labute approximate surface area is 155 Å².